The average molecular weight is 398 g/mol. The molecule has 1 aromatic carbocycles. The van der Waals surface area contributed by atoms with Crippen molar-refractivity contribution in [3.8, 4) is 5.75 Å². The molecule has 1 aliphatic rings. The molecule has 3 aromatic rings. The van der Waals surface area contributed by atoms with E-state index in [9.17, 15) is 9.59 Å². The highest BCUT2D eigenvalue weighted by Crippen LogP contribution is 2.29. The number of anilines is 1. The number of rotatable bonds is 6. The van der Waals surface area contributed by atoms with Crippen LogP contribution in [0.3, 0.4) is 0 Å². The van der Waals surface area contributed by atoms with Crippen molar-refractivity contribution < 1.29 is 18.8 Å². The van der Waals surface area contributed by atoms with E-state index in [2.05, 4.69) is 20.4 Å². The number of Topliss-reactive ketones (excluding diaryl/α,β-unsaturated/α-hetero) is 1. The molecule has 0 saturated carbocycles. The van der Waals surface area contributed by atoms with E-state index < -0.39 is 0 Å². The second kappa shape index (κ2) is 7.89. The summed E-state index contributed by atoms with van der Waals surface area (Å²) in [6.45, 7) is 2.12. The van der Waals surface area contributed by atoms with Crippen molar-refractivity contribution >= 4 is 28.2 Å². The second-order valence-corrected chi connectivity index (χ2v) is 7.30. The maximum Gasteiger partial charge on any atom is 0.257 e. The normalized spacial score (nSPS) is 13.2. The molecule has 9 heteroatoms. The van der Waals surface area contributed by atoms with Crippen molar-refractivity contribution in [1.82, 2.24) is 15.1 Å². The van der Waals surface area contributed by atoms with Gasteiger partial charge in [-0.1, -0.05) is 23.4 Å². The van der Waals surface area contributed by atoms with E-state index in [1.54, 1.807) is 24.3 Å². The Morgan fingerprint density at radius 1 is 1.25 bits per heavy atom. The molecule has 144 valence electrons. The molecule has 0 spiro atoms. The van der Waals surface area contributed by atoms with Gasteiger partial charge in [0, 0.05) is 18.4 Å². The van der Waals surface area contributed by atoms with Crippen molar-refractivity contribution in [3.05, 3.63) is 52.1 Å². The SMILES string of the molecule is CCc1nc(COc2ccc(C(=O)Nc3nc4c(s3)C(=O)CCC4)cc2)no1. The highest BCUT2D eigenvalue weighted by Gasteiger charge is 2.23. The number of ether oxygens (including phenoxy) is 1. The van der Waals surface area contributed by atoms with Crippen LogP contribution in [-0.4, -0.2) is 26.8 Å². The number of aryl methyl sites for hydroxylation is 2. The Morgan fingerprint density at radius 3 is 2.79 bits per heavy atom. The van der Waals surface area contributed by atoms with Gasteiger partial charge in [0.1, 0.15) is 5.75 Å². The fraction of sp³-hybridized carbons (Fsp3) is 0.316. The molecule has 0 atom stereocenters. The molecule has 2 aromatic heterocycles. The minimum Gasteiger partial charge on any atom is -0.485 e. The number of hydrogen-bond acceptors (Lipinski definition) is 8. The average Bonchev–Trinajstić information content (AvgIpc) is 3.34. The maximum atomic E-state index is 12.4. The van der Waals surface area contributed by atoms with E-state index >= 15 is 0 Å². The summed E-state index contributed by atoms with van der Waals surface area (Å²) in [5.41, 5.74) is 1.26. The molecule has 1 amide bonds. The molecule has 28 heavy (non-hydrogen) atoms. The van der Waals surface area contributed by atoms with Gasteiger partial charge in [-0.3, -0.25) is 14.9 Å². The van der Waals surface area contributed by atoms with Gasteiger partial charge in [-0.05, 0) is 37.1 Å². The summed E-state index contributed by atoms with van der Waals surface area (Å²) in [4.78, 5) is 33.5. The number of ketones is 1. The fourth-order valence-electron chi connectivity index (χ4n) is 2.83. The number of nitrogens with zero attached hydrogens (tertiary/aromatic N) is 3. The van der Waals surface area contributed by atoms with Crippen LogP contribution < -0.4 is 10.1 Å². The van der Waals surface area contributed by atoms with Gasteiger partial charge in [0.05, 0.1) is 10.6 Å². The second-order valence-electron chi connectivity index (χ2n) is 6.30. The molecule has 4 rings (SSSR count). The molecule has 0 unspecified atom stereocenters. The smallest absolute Gasteiger partial charge is 0.257 e. The molecule has 1 N–H and O–H groups in total. The lowest BCUT2D eigenvalue weighted by Crippen LogP contribution is -2.11. The first-order chi connectivity index (χ1) is 13.6. The number of thiazole rings is 1. The summed E-state index contributed by atoms with van der Waals surface area (Å²) in [5.74, 6) is 1.45. The zero-order chi connectivity index (χ0) is 19.5. The van der Waals surface area contributed by atoms with E-state index in [4.69, 9.17) is 9.26 Å². The Balaban J connectivity index is 1.36. The minimum absolute atomic E-state index is 0.105. The third-order valence-electron chi connectivity index (χ3n) is 4.29. The van der Waals surface area contributed by atoms with Crippen LogP contribution in [0.5, 0.6) is 5.75 Å². The maximum absolute atomic E-state index is 12.4. The summed E-state index contributed by atoms with van der Waals surface area (Å²) < 4.78 is 10.6. The summed E-state index contributed by atoms with van der Waals surface area (Å²) in [6.07, 6.45) is 2.81. The van der Waals surface area contributed by atoms with Crippen LogP contribution >= 0.6 is 11.3 Å². The number of fused-ring (bicyclic) bond motifs is 1. The molecule has 1 aliphatic carbocycles. The first-order valence-electron chi connectivity index (χ1n) is 9.01. The molecular weight excluding hydrogens is 380 g/mol. The van der Waals surface area contributed by atoms with Crippen LogP contribution in [0.4, 0.5) is 5.13 Å². The molecule has 8 nitrogen and oxygen atoms in total. The lowest BCUT2D eigenvalue weighted by Gasteiger charge is -2.05. The van der Waals surface area contributed by atoms with Crippen LogP contribution in [-0.2, 0) is 19.4 Å². The number of nitrogens with one attached hydrogen (secondary N) is 1. The van der Waals surface area contributed by atoms with Crippen LogP contribution in [0.25, 0.3) is 0 Å². The standard InChI is InChI=1S/C19H18N4O4S/c1-2-16-21-15(23-27-16)10-26-12-8-6-11(7-9-12)18(25)22-19-20-13-4-3-5-14(24)17(13)28-19/h6-9H,2-5,10H2,1H3,(H,20,22,25). The van der Waals surface area contributed by atoms with Crippen LogP contribution in [0.2, 0.25) is 0 Å². The first-order valence-corrected chi connectivity index (χ1v) is 9.82. The highest BCUT2D eigenvalue weighted by molar-refractivity contribution is 7.17. The third kappa shape index (κ3) is 3.94. The number of carbonyl (C=O) groups is 2. The van der Waals surface area contributed by atoms with Crippen molar-refractivity contribution in [2.24, 2.45) is 0 Å². The van der Waals surface area contributed by atoms with E-state index in [-0.39, 0.29) is 18.3 Å². The minimum atomic E-state index is -0.282. The summed E-state index contributed by atoms with van der Waals surface area (Å²) in [6, 6.07) is 6.73. The van der Waals surface area contributed by atoms with E-state index in [0.29, 0.717) is 45.9 Å². The quantitative estimate of drug-likeness (QED) is 0.678. The zero-order valence-electron chi connectivity index (χ0n) is 15.2. The number of amides is 1. The molecule has 0 radical (unpaired) electrons. The molecular formula is C19H18N4O4S. The van der Waals surface area contributed by atoms with Crippen molar-refractivity contribution in [2.75, 3.05) is 5.32 Å². The third-order valence-corrected chi connectivity index (χ3v) is 5.34. The Bertz CT molecular complexity index is 1010. The Hall–Kier alpha value is -3.07. The van der Waals surface area contributed by atoms with Crippen LogP contribution in [0.15, 0.2) is 28.8 Å². The van der Waals surface area contributed by atoms with Gasteiger partial charge >= 0.3 is 0 Å². The van der Waals surface area contributed by atoms with Gasteiger partial charge in [0.15, 0.2) is 17.5 Å². The Kier molecular flexibility index (Phi) is 5.16. The van der Waals surface area contributed by atoms with Crippen LogP contribution in [0.1, 0.15) is 57.2 Å². The molecule has 0 fully saturated rings. The van der Waals surface area contributed by atoms with Crippen molar-refractivity contribution in [1.29, 1.82) is 0 Å². The van der Waals surface area contributed by atoms with Gasteiger partial charge in [-0.15, -0.1) is 0 Å². The number of carbonyl (C=O) groups excluding carboxylic acids is 2. The lowest BCUT2D eigenvalue weighted by atomic mass is 10.0. The Morgan fingerprint density at radius 2 is 2.07 bits per heavy atom. The first kappa shape index (κ1) is 18.3. The molecule has 2 heterocycles. The summed E-state index contributed by atoms with van der Waals surface area (Å²) >= 11 is 1.24. The van der Waals surface area contributed by atoms with Gasteiger partial charge in [-0.2, -0.15) is 4.98 Å². The summed E-state index contributed by atoms with van der Waals surface area (Å²) in [5, 5.41) is 7.04. The highest BCUT2D eigenvalue weighted by atomic mass is 32.1. The predicted octanol–water partition coefficient (Wildman–Crippen LogP) is 3.44. The van der Waals surface area contributed by atoms with E-state index in [1.165, 1.54) is 11.3 Å². The van der Waals surface area contributed by atoms with Crippen LogP contribution in [0, 0.1) is 0 Å². The van der Waals surface area contributed by atoms with Gasteiger partial charge in [0.25, 0.3) is 5.91 Å². The predicted molar refractivity (Wildman–Crippen MR) is 102 cm³/mol. The topological polar surface area (TPSA) is 107 Å². The van der Waals surface area contributed by atoms with Crippen molar-refractivity contribution in [2.45, 2.75) is 39.2 Å². The van der Waals surface area contributed by atoms with Crippen molar-refractivity contribution in [3.63, 3.8) is 0 Å². The van der Waals surface area contributed by atoms with Gasteiger partial charge < -0.3 is 9.26 Å². The largest absolute Gasteiger partial charge is 0.485 e. The molecule has 0 saturated heterocycles. The van der Waals surface area contributed by atoms with E-state index in [1.807, 2.05) is 6.92 Å². The monoisotopic (exact) mass is 398 g/mol. The number of benzene rings is 1. The van der Waals surface area contributed by atoms with E-state index in [0.717, 1.165) is 18.5 Å². The zero-order valence-corrected chi connectivity index (χ0v) is 16.0. The number of aromatic nitrogens is 3. The molecule has 0 aliphatic heterocycles. The number of hydrogen-bond donors (Lipinski definition) is 1. The summed E-state index contributed by atoms with van der Waals surface area (Å²) in [7, 11) is 0. The molecule has 0 bridgehead atoms. The lowest BCUT2D eigenvalue weighted by molar-refractivity contribution is 0.0975. The van der Waals surface area contributed by atoms with Gasteiger partial charge in [0.2, 0.25) is 11.7 Å². The Labute approximate surface area is 164 Å². The fourth-order valence-corrected chi connectivity index (χ4v) is 3.81. The van der Waals surface area contributed by atoms with Gasteiger partial charge in [-0.25, -0.2) is 4.98 Å².